The molecule has 0 heterocycles. The highest BCUT2D eigenvalue weighted by molar-refractivity contribution is 5.79. The third kappa shape index (κ3) is 2.90. The average Bonchev–Trinajstić information content (AvgIpc) is 2.79. The smallest absolute Gasteiger partial charge is 0.223 e. The number of amides is 1. The van der Waals surface area contributed by atoms with Gasteiger partial charge in [-0.2, -0.15) is 0 Å². The van der Waals surface area contributed by atoms with Crippen LogP contribution in [0, 0.1) is 5.92 Å². The summed E-state index contributed by atoms with van der Waals surface area (Å²) in [5, 5.41) is 29.6. The van der Waals surface area contributed by atoms with Crippen LogP contribution >= 0.6 is 0 Å². The van der Waals surface area contributed by atoms with Crippen LogP contribution < -0.4 is 5.32 Å². The molecule has 0 aromatic rings. The molecule has 4 N–H and O–H groups in total. The molecule has 0 aliphatic heterocycles. The first kappa shape index (κ1) is 12.4. The van der Waals surface area contributed by atoms with Crippen LogP contribution in [0.15, 0.2) is 0 Å². The SMILES string of the molecule is O=C(NC(CO)(CO)CO)C1CCCC1. The highest BCUT2D eigenvalue weighted by atomic mass is 16.3. The molecular weight excluding hydrogens is 198 g/mol. The lowest BCUT2D eigenvalue weighted by atomic mass is 10.0. The zero-order valence-corrected chi connectivity index (χ0v) is 8.78. The van der Waals surface area contributed by atoms with Crippen molar-refractivity contribution in [3.8, 4) is 0 Å². The second-order valence-electron chi connectivity index (χ2n) is 4.23. The van der Waals surface area contributed by atoms with E-state index in [1.54, 1.807) is 0 Å². The van der Waals surface area contributed by atoms with Crippen molar-refractivity contribution in [2.45, 2.75) is 31.2 Å². The molecular formula is C10H19NO4. The monoisotopic (exact) mass is 217 g/mol. The van der Waals surface area contributed by atoms with Gasteiger partial charge in [0.2, 0.25) is 5.91 Å². The topological polar surface area (TPSA) is 89.8 Å². The van der Waals surface area contributed by atoms with Gasteiger partial charge in [0.1, 0.15) is 5.54 Å². The molecule has 1 amide bonds. The molecule has 1 rings (SSSR count). The van der Waals surface area contributed by atoms with E-state index in [2.05, 4.69) is 5.32 Å². The van der Waals surface area contributed by atoms with Crippen LogP contribution in [-0.2, 0) is 4.79 Å². The highest BCUT2D eigenvalue weighted by Gasteiger charge is 2.33. The second-order valence-corrected chi connectivity index (χ2v) is 4.23. The molecule has 0 bridgehead atoms. The largest absolute Gasteiger partial charge is 0.394 e. The zero-order chi connectivity index (χ0) is 11.3. The Labute approximate surface area is 89.1 Å². The maximum atomic E-state index is 11.7. The van der Waals surface area contributed by atoms with Crippen molar-refractivity contribution < 1.29 is 20.1 Å². The minimum absolute atomic E-state index is 0.0333. The number of rotatable bonds is 5. The standard InChI is InChI=1S/C10H19NO4/c12-5-10(6-13,7-14)11-9(15)8-3-1-2-4-8/h8,12-14H,1-7H2,(H,11,15). The molecule has 1 saturated carbocycles. The third-order valence-electron chi connectivity index (χ3n) is 3.02. The van der Waals surface area contributed by atoms with E-state index in [9.17, 15) is 4.79 Å². The normalized spacial score (nSPS) is 18.1. The van der Waals surface area contributed by atoms with Gasteiger partial charge in [-0.1, -0.05) is 12.8 Å². The maximum Gasteiger partial charge on any atom is 0.223 e. The van der Waals surface area contributed by atoms with Crippen molar-refractivity contribution in [1.29, 1.82) is 0 Å². The van der Waals surface area contributed by atoms with Gasteiger partial charge >= 0.3 is 0 Å². The Morgan fingerprint density at radius 3 is 2.00 bits per heavy atom. The molecule has 0 atom stereocenters. The van der Waals surface area contributed by atoms with Crippen LogP contribution in [0.2, 0.25) is 0 Å². The Morgan fingerprint density at radius 2 is 1.60 bits per heavy atom. The minimum Gasteiger partial charge on any atom is -0.394 e. The van der Waals surface area contributed by atoms with Crippen LogP contribution in [0.3, 0.4) is 0 Å². The first-order valence-electron chi connectivity index (χ1n) is 5.32. The molecule has 0 radical (unpaired) electrons. The molecule has 15 heavy (non-hydrogen) atoms. The van der Waals surface area contributed by atoms with Crippen molar-refractivity contribution in [3.63, 3.8) is 0 Å². The van der Waals surface area contributed by atoms with Gasteiger partial charge < -0.3 is 20.6 Å². The van der Waals surface area contributed by atoms with Gasteiger partial charge in [-0.3, -0.25) is 4.79 Å². The third-order valence-corrected chi connectivity index (χ3v) is 3.02. The lowest BCUT2D eigenvalue weighted by Gasteiger charge is -2.29. The summed E-state index contributed by atoms with van der Waals surface area (Å²) in [5.74, 6) is -0.210. The fourth-order valence-electron chi connectivity index (χ4n) is 1.82. The van der Waals surface area contributed by atoms with Gasteiger partial charge in [0.15, 0.2) is 0 Å². The van der Waals surface area contributed by atoms with Gasteiger partial charge in [0.05, 0.1) is 19.8 Å². The predicted molar refractivity (Wildman–Crippen MR) is 54.1 cm³/mol. The summed E-state index contributed by atoms with van der Waals surface area (Å²) in [6.07, 6.45) is 3.79. The van der Waals surface area contributed by atoms with Crippen LogP contribution in [0.1, 0.15) is 25.7 Å². The van der Waals surface area contributed by atoms with E-state index < -0.39 is 25.4 Å². The molecule has 0 unspecified atom stereocenters. The Balaban J connectivity index is 2.53. The lowest BCUT2D eigenvalue weighted by molar-refractivity contribution is -0.129. The van der Waals surface area contributed by atoms with Crippen LogP contribution in [0.25, 0.3) is 0 Å². The molecule has 0 aromatic heterocycles. The molecule has 1 fully saturated rings. The molecule has 0 spiro atoms. The molecule has 1 aliphatic rings. The summed E-state index contributed by atoms with van der Waals surface area (Å²) in [6, 6.07) is 0. The summed E-state index contributed by atoms with van der Waals surface area (Å²) in [4.78, 5) is 11.7. The number of carbonyl (C=O) groups excluding carboxylic acids is 1. The first-order valence-corrected chi connectivity index (χ1v) is 5.32. The first-order chi connectivity index (χ1) is 7.17. The number of aliphatic hydroxyl groups excluding tert-OH is 3. The quantitative estimate of drug-likeness (QED) is 0.476. The average molecular weight is 217 g/mol. The molecule has 0 saturated heterocycles. The lowest BCUT2D eigenvalue weighted by Crippen LogP contribution is -2.58. The zero-order valence-electron chi connectivity index (χ0n) is 8.78. The van der Waals surface area contributed by atoms with Gasteiger partial charge in [0.25, 0.3) is 0 Å². The molecule has 1 aliphatic carbocycles. The van der Waals surface area contributed by atoms with Gasteiger partial charge in [0, 0.05) is 5.92 Å². The highest BCUT2D eigenvalue weighted by Crippen LogP contribution is 2.25. The molecule has 5 heteroatoms. The number of nitrogens with one attached hydrogen (secondary N) is 1. The fourth-order valence-corrected chi connectivity index (χ4v) is 1.82. The Morgan fingerprint density at radius 1 is 1.13 bits per heavy atom. The Hall–Kier alpha value is -0.650. The number of hydrogen-bond acceptors (Lipinski definition) is 4. The Bertz CT molecular complexity index is 201. The summed E-state index contributed by atoms with van der Waals surface area (Å²) in [6.45, 7) is -1.38. The number of carbonyl (C=O) groups is 1. The van der Waals surface area contributed by atoms with Gasteiger partial charge in [-0.25, -0.2) is 0 Å². The number of aliphatic hydroxyl groups is 3. The number of hydrogen-bond donors (Lipinski definition) is 4. The molecule has 88 valence electrons. The van der Waals surface area contributed by atoms with E-state index in [0.29, 0.717) is 0 Å². The minimum atomic E-state index is -1.28. The van der Waals surface area contributed by atoms with Crippen LogP contribution in [0.4, 0.5) is 0 Å². The van der Waals surface area contributed by atoms with Crippen molar-refractivity contribution in [3.05, 3.63) is 0 Å². The van der Waals surface area contributed by atoms with E-state index in [1.165, 1.54) is 0 Å². The van der Waals surface area contributed by atoms with Gasteiger partial charge in [-0.15, -0.1) is 0 Å². The van der Waals surface area contributed by atoms with E-state index >= 15 is 0 Å². The summed E-state index contributed by atoms with van der Waals surface area (Å²) in [7, 11) is 0. The summed E-state index contributed by atoms with van der Waals surface area (Å²) in [5.41, 5.74) is -1.28. The fraction of sp³-hybridized carbons (Fsp3) is 0.900. The van der Waals surface area contributed by atoms with E-state index in [1.807, 2.05) is 0 Å². The van der Waals surface area contributed by atoms with Crippen molar-refractivity contribution in [2.24, 2.45) is 5.92 Å². The van der Waals surface area contributed by atoms with E-state index in [0.717, 1.165) is 25.7 Å². The van der Waals surface area contributed by atoms with Crippen molar-refractivity contribution in [1.82, 2.24) is 5.32 Å². The van der Waals surface area contributed by atoms with Crippen molar-refractivity contribution >= 4 is 5.91 Å². The molecule has 0 aromatic carbocycles. The van der Waals surface area contributed by atoms with Crippen molar-refractivity contribution in [2.75, 3.05) is 19.8 Å². The summed E-state index contributed by atoms with van der Waals surface area (Å²) >= 11 is 0. The van der Waals surface area contributed by atoms with Crippen LogP contribution in [0.5, 0.6) is 0 Å². The predicted octanol–water partition coefficient (Wildman–Crippen LogP) is -0.992. The van der Waals surface area contributed by atoms with Crippen LogP contribution in [-0.4, -0.2) is 46.6 Å². The Kier molecular flexibility index (Phi) is 4.50. The van der Waals surface area contributed by atoms with Gasteiger partial charge in [-0.05, 0) is 12.8 Å². The van der Waals surface area contributed by atoms with E-state index in [4.69, 9.17) is 15.3 Å². The van der Waals surface area contributed by atoms with E-state index in [-0.39, 0.29) is 11.8 Å². The summed E-state index contributed by atoms with van der Waals surface area (Å²) < 4.78 is 0. The second kappa shape index (κ2) is 5.44. The maximum absolute atomic E-state index is 11.7. The molecule has 5 nitrogen and oxygen atoms in total.